The quantitative estimate of drug-likeness (QED) is 0.561. The number of nitrogens with two attached hydrogens (primary N) is 1. The van der Waals surface area contributed by atoms with E-state index in [9.17, 15) is 0 Å². The highest BCUT2D eigenvalue weighted by atomic mass is 32.2. The molecular formula is C16H14N2S2. The Bertz CT molecular complexity index is 692. The van der Waals surface area contributed by atoms with Crippen molar-refractivity contribution < 1.29 is 0 Å². The van der Waals surface area contributed by atoms with Crippen molar-refractivity contribution in [2.24, 2.45) is 0 Å². The second-order valence-corrected chi connectivity index (χ2v) is 6.21. The predicted molar refractivity (Wildman–Crippen MR) is 88.0 cm³/mol. The Morgan fingerprint density at radius 2 is 1.75 bits per heavy atom. The summed E-state index contributed by atoms with van der Waals surface area (Å²) in [5.74, 6) is 0.845. The van der Waals surface area contributed by atoms with E-state index in [0.29, 0.717) is 0 Å². The maximum Gasteiger partial charge on any atom is 0.123 e. The molecule has 0 unspecified atom stereocenters. The number of anilines is 1. The molecule has 0 radical (unpaired) electrons. The van der Waals surface area contributed by atoms with Crippen LogP contribution >= 0.6 is 23.1 Å². The Balaban J connectivity index is 1.71. The van der Waals surface area contributed by atoms with Gasteiger partial charge in [0.25, 0.3) is 0 Å². The lowest BCUT2D eigenvalue weighted by Gasteiger charge is -2.02. The Morgan fingerprint density at radius 1 is 1.00 bits per heavy atom. The fourth-order valence-corrected chi connectivity index (χ4v) is 3.64. The van der Waals surface area contributed by atoms with Gasteiger partial charge in [0.2, 0.25) is 0 Å². The van der Waals surface area contributed by atoms with E-state index >= 15 is 0 Å². The van der Waals surface area contributed by atoms with Gasteiger partial charge >= 0.3 is 0 Å². The van der Waals surface area contributed by atoms with Gasteiger partial charge in [0.05, 0.1) is 5.69 Å². The second kappa shape index (κ2) is 6.11. The highest BCUT2D eigenvalue weighted by Crippen LogP contribution is 2.30. The standard InChI is InChI=1S/C16H14N2S2/c17-14-8-4-5-9-15(14)19-10-13-11-20-16(18-13)12-6-2-1-3-7-12/h1-9,11H,10,17H2. The molecule has 0 aliphatic heterocycles. The summed E-state index contributed by atoms with van der Waals surface area (Å²) >= 11 is 3.41. The molecule has 1 aromatic heterocycles. The molecule has 0 saturated heterocycles. The maximum absolute atomic E-state index is 5.94. The smallest absolute Gasteiger partial charge is 0.123 e. The number of thioether (sulfide) groups is 1. The fraction of sp³-hybridized carbons (Fsp3) is 0.0625. The number of hydrogen-bond donors (Lipinski definition) is 1. The lowest BCUT2D eigenvalue weighted by molar-refractivity contribution is 1.23. The highest BCUT2D eigenvalue weighted by molar-refractivity contribution is 7.98. The van der Waals surface area contributed by atoms with Crippen molar-refractivity contribution >= 4 is 28.8 Å². The molecule has 2 N–H and O–H groups in total. The SMILES string of the molecule is Nc1ccccc1SCc1csc(-c2ccccc2)n1. The van der Waals surface area contributed by atoms with Crippen LogP contribution in [0.2, 0.25) is 0 Å². The fourth-order valence-electron chi connectivity index (χ4n) is 1.85. The molecule has 2 aromatic carbocycles. The van der Waals surface area contributed by atoms with Crippen molar-refractivity contribution in [1.29, 1.82) is 0 Å². The van der Waals surface area contributed by atoms with Gasteiger partial charge in [0.15, 0.2) is 0 Å². The molecule has 2 nitrogen and oxygen atoms in total. The van der Waals surface area contributed by atoms with Crippen molar-refractivity contribution in [3.63, 3.8) is 0 Å². The van der Waals surface area contributed by atoms with Crippen LogP contribution in [0.5, 0.6) is 0 Å². The van der Waals surface area contributed by atoms with Crippen LogP contribution in [-0.4, -0.2) is 4.98 Å². The van der Waals surface area contributed by atoms with E-state index in [1.165, 1.54) is 5.56 Å². The van der Waals surface area contributed by atoms with E-state index in [1.807, 2.05) is 42.5 Å². The van der Waals surface area contributed by atoms with E-state index < -0.39 is 0 Å². The number of aromatic nitrogens is 1. The van der Waals surface area contributed by atoms with Gasteiger partial charge in [-0.05, 0) is 12.1 Å². The van der Waals surface area contributed by atoms with Crippen molar-refractivity contribution in [2.75, 3.05) is 5.73 Å². The zero-order chi connectivity index (χ0) is 13.8. The third-order valence-corrected chi connectivity index (χ3v) is 4.93. The van der Waals surface area contributed by atoms with Crippen LogP contribution in [0.3, 0.4) is 0 Å². The first-order chi connectivity index (χ1) is 9.83. The summed E-state index contributed by atoms with van der Waals surface area (Å²) in [6.07, 6.45) is 0. The van der Waals surface area contributed by atoms with Crippen LogP contribution < -0.4 is 5.73 Å². The summed E-state index contributed by atoms with van der Waals surface area (Å²) < 4.78 is 0. The normalized spacial score (nSPS) is 10.6. The molecule has 100 valence electrons. The molecule has 0 bridgehead atoms. The molecule has 20 heavy (non-hydrogen) atoms. The van der Waals surface area contributed by atoms with Crippen LogP contribution in [0, 0.1) is 0 Å². The first kappa shape index (κ1) is 13.2. The van der Waals surface area contributed by atoms with Gasteiger partial charge in [-0.25, -0.2) is 4.98 Å². The summed E-state index contributed by atoms with van der Waals surface area (Å²) in [7, 11) is 0. The highest BCUT2D eigenvalue weighted by Gasteiger charge is 2.06. The van der Waals surface area contributed by atoms with E-state index in [4.69, 9.17) is 5.73 Å². The predicted octanol–water partition coefficient (Wildman–Crippen LogP) is 4.68. The minimum atomic E-state index is 0.830. The van der Waals surface area contributed by atoms with Crippen molar-refractivity contribution in [2.45, 2.75) is 10.6 Å². The van der Waals surface area contributed by atoms with E-state index in [0.717, 1.165) is 27.0 Å². The molecule has 0 amide bonds. The Kier molecular flexibility index (Phi) is 4.04. The number of para-hydroxylation sites is 1. The summed E-state index contributed by atoms with van der Waals surface area (Å²) in [6.45, 7) is 0. The van der Waals surface area contributed by atoms with E-state index in [1.54, 1.807) is 23.1 Å². The number of benzene rings is 2. The number of hydrogen-bond acceptors (Lipinski definition) is 4. The molecule has 0 spiro atoms. The first-order valence-electron chi connectivity index (χ1n) is 6.30. The lowest BCUT2D eigenvalue weighted by Crippen LogP contribution is -1.88. The molecule has 4 heteroatoms. The second-order valence-electron chi connectivity index (χ2n) is 4.34. The Labute approximate surface area is 126 Å². The van der Waals surface area contributed by atoms with Gasteiger partial charge in [0.1, 0.15) is 5.01 Å². The molecule has 0 aliphatic rings. The zero-order valence-corrected chi connectivity index (χ0v) is 12.5. The number of nitrogen functional groups attached to an aromatic ring is 1. The minimum Gasteiger partial charge on any atom is -0.398 e. The monoisotopic (exact) mass is 298 g/mol. The van der Waals surface area contributed by atoms with Crippen molar-refractivity contribution in [3.05, 3.63) is 65.7 Å². The third-order valence-electron chi connectivity index (χ3n) is 2.87. The molecular weight excluding hydrogens is 284 g/mol. The molecule has 3 rings (SSSR count). The third kappa shape index (κ3) is 3.03. The van der Waals surface area contributed by atoms with Gasteiger partial charge in [0, 0.05) is 27.3 Å². The van der Waals surface area contributed by atoms with Crippen LogP contribution in [0.25, 0.3) is 10.6 Å². The summed E-state index contributed by atoms with van der Waals surface area (Å²) in [5.41, 5.74) is 9.05. The van der Waals surface area contributed by atoms with Crippen LogP contribution in [-0.2, 0) is 5.75 Å². The van der Waals surface area contributed by atoms with Crippen LogP contribution in [0.1, 0.15) is 5.69 Å². The van der Waals surface area contributed by atoms with Crippen molar-refractivity contribution in [3.8, 4) is 10.6 Å². The summed E-state index contributed by atoms with van der Waals surface area (Å²) in [4.78, 5) is 5.79. The largest absolute Gasteiger partial charge is 0.398 e. The van der Waals surface area contributed by atoms with Crippen molar-refractivity contribution in [1.82, 2.24) is 4.98 Å². The van der Waals surface area contributed by atoms with Gasteiger partial charge in [-0.3, -0.25) is 0 Å². The molecule has 3 aromatic rings. The molecule has 0 atom stereocenters. The number of thiazole rings is 1. The minimum absolute atomic E-state index is 0.830. The van der Waals surface area contributed by atoms with Crippen LogP contribution in [0.4, 0.5) is 5.69 Å². The Morgan fingerprint density at radius 3 is 2.55 bits per heavy atom. The summed E-state index contributed by atoms with van der Waals surface area (Å²) in [5, 5.41) is 3.19. The molecule has 1 heterocycles. The Hall–Kier alpha value is -1.78. The van der Waals surface area contributed by atoms with Gasteiger partial charge in [-0.1, -0.05) is 42.5 Å². The maximum atomic E-state index is 5.94. The zero-order valence-electron chi connectivity index (χ0n) is 10.8. The molecule has 0 fully saturated rings. The molecule has 0 aliphatic carbocycles. The average molecular weight is 298 g/mol. The summed E-state index contributed by atoms with van der Waals surface area (Å²) in [6, 6.07) is 18.2. The van der Waals surface area contributed by atoms with Gasteiger partial charge in [-0.2, -0.15) is 0 Å². The lowest BCUT2D eigenvalue weighted by atomic mass is 10.2. The van der Waals surface area contributed by atoms with E-state index in [-0.39, 0.29) is 0 Å². The number of nitrogens with zero attached hydrogens (tertiary/aromatic N) is 1. The molecule has 0 saturated carbocycles. The average Bonchev–Trinajstić information content (AvgIpc) is 2.96. The van der Waals surface area contributed by atoms with Crippen LogP contribution in [0.15, 0.2) is 64.9 Å². The van der Waals surface area contributed by atoms with E-state index in [2.05, 4.69) is 22.5 Å². The topological polar surface area (TPSA) is 38.9 Å². The first-order valence-corrected chi connectivity index (χ1v) is 8.16. The van der Waals surface area contributed by atoms with Gasteiger partial charge < -0.3 is 5.73 Å². The van der Waals surface area contributed by atoms with Gasteiger partial charge in [-0.15, -0.1) is 23.1 Å². The number of rotatable bonds is 4.